The molecule has 1 aliphatic carbocycles. The number of hydrogen-bond acceptors (Lipinski definition) is 8. The molecule has 0 radical (unpaired) electrons. The molecule has 1 heterocycles. The molecule has 1 saturated heterocycles. The van der Waals surface area contributed by atoms with Crippen LogP contribution < -0.4 is 10.6 Å². The largest absolute Gasteiger partial charge is 0.449 e. The van der Waals surface area contributed by atoms with Crippen LogP contribution in [0.3, 0.4) is 0 Å². The van der Waals surface area contributed by atoms with Crippen molar-refractivity contribution in [1.29, 1.82) is 0 Å². The first-order valence-corrected chi connectivity index (χ1v) is 11.0. The van der Waals surface area contributed by atoms with Gasteiger partial charge in [-0.1, -0.05) is 48.5 Å². The first-order valence-electron chi connectivity index (χ1n) is 11.0. The van der Waals surface area contributed by atoms with Gasteiger partial charge in [-0.05, 0) is 29.2 Å². The standard InChI is InChI=1S/C24H28N2O8/c1-12(22(31)26-23-21(30)20(29)19(28)18(10-27)34-23)25-24(32)33-11-17-15-8-4-2-6-13(15)14-7-3-5-9-16(14)17/h2-9,12,17-21,23,27-30H,10-11H2,1H3,(H,25,32)(H,26,31)/t12-,18+,19+,20-,21+,23+/m0/s1. The lowest BCUT2D eigenvalue weighted by Crippen LogP contribution is -2.64. The number of nitrogens with one attached hydrogen (secondary N) is 2. The Morgan fingerprint density at radius 3 is 2.15 bits per heavy atom. The van der Waals surface area contributed by atoms with Crippen LogP contribution in [0.1, 0.15) is 24.0 Å². The van der Waals surface area contributed by atoms with Crippen molar-refractivity contribution >= 4 is 12.0 Å². The van der Waals surface area contributed by atoms with Crippen LogP contribution in [0.15, 0.2) is 48.5 Å². The summed E-state index contributed by atoms with van der Waals surface area (Å²) in [6, 6.07) is 14.8. The van der Waals surface area contributed by atoms with E-state index in [0.29, 0.717) is 0 Å². The minimum absolute atomic E-state index is 0.0842. The summed E-state index contributed by atoms with van der Waals surface area (Å²) in [6.07, 6.45) is -8.11. The highest BCUT2D eigenvalue weighted by molar-refractivity contribution is 5.85. The van der Waals surface area contributed by atoms with Gasteiger partial charge in [-0.2, -0.15) is 0 Å². The van der Waals surface area contributed by atoms with Gasteiger partial charge < -0.3 is 40.5 Å². The van der Waals surface area contributed by atoms with Crippen LogP contribution in [0, 0.1) is 0 Å². The number of aliphatic hydroxyl groups is 4. The average Bonchev–Trinajstić information content (AvgIpc) is 3.16. The molecule has 10 nitrogen and oxygen atoms in total. The molecule has 2 amide bonds. The first kappa shape index (κ1) is 24.1. The van der Waals surface area contributed by atoms with Crippen LogP contribution in [-0.4, -0.2) is 82.3 Å². The van der Waals surface area contributed by atoms with E-state index in [1.54, 1.807) is 0 Å². The van der Waals surface area contributed by atoms with Crippen LogP contribution >= 0.6 is 0 Å². The maximum absolute atomic E-state index is 12.5. The minimum atomic E-state index is -1.62. The van der Waals surface area contributed by atoms with Crippen molar-refractivity contribution in [2.75, 3.05) is 13.2 Å². The SMILES string of the molecule is C[C@H](NC(=O)OCC1c2ccccc2-c2ccccc21)C(=O)N[C@@H]1O[C@H](CO)[C@@H](O)[C@H](O)[C@H]1O. The van der Waals surface area contributed by atoms with Crippen molar-refractivity contribution in [2.45, 2.75) is 49.5 Å². The predicted molar refractivity (Wildman–Crippen MR) is 120 cm³/mol. The zero-order valence-electron chi connectivity index (χ0n) is 18.5. The molecule has 6 N–H and O–H groups in total. The maximum Gasteiger partial charge on any atom is 0.407 e. The summed E-state index contributed by atoms with van der Waals surface area (Å²) in [7, 11) is 0. The number of carbonyl (C=O) groups excluding carboxylic acids is 2. The van der Waals surface area contributed by atoms with Crippen molar-refractivity contribution in [1.82, 2.24) is 10.6 Å². The zero-order valence-corrected chi connectivity index (χ0v) is 18.5. The Morgan fingerprint density at radius 2 is 1.56 bits per heavy atom. The topological polar surface area (TPSA) is 158 Å². The van der Waals surface area contributed by atoms with E-state index in [1.165, 1.54) is 6.92 Å². The van der Waals surface area contributed by atoms with E-state index in [9.17, 15) is 30.0 Å². The molecule has 0 spiro atoms. The summed E-state index contributed by atoms with van der Waals surface area (Å²) >= 11 is 0. The normalized spacial score (nSPS) is 26.8. The van der Waals surface area contributed by atoms with E-state index in [2.05, 4.69) is 10.6 Å². The van der Waals surface area contributed by atoms with Gasteiger partial charge in [0.2, 0.25) is 5.91 Å². The van der Waals surface area contributed by atoms with Crippen molar-refractivity contribution in [3.05, 3.63) is 59.7 Å². The van der Waals surface area contributed by atoms with E-state index in [4.69, 9.17) is 9.47 Å². The van der Waals surface area contributed by atoms with Gasteiger partial charge in [0.15, 0.2) is 6.23 Å². The second-order valence-corrected chi connectivity index (χ2v) is 8.45. The molecule has 10 heteroatoms. The summed E-state index contributed by atoms with van der Waals surface area (Å²) in [5, 5.41) is 43.8. The molecule has 2 aromatic rings. The minimum Gasteiger partial charge on any atom is -0.449 e. The highest BCUT2D eigenvalue weighted by atomic mass is 16.6. The first-order chi connectivity index (χ1) is 16.3. The molecule has 6 atom stereocenters. The van der Waals surface area contributed by atoms with Gasteiger partial charge in [-0.15, -0.1) is 0 Å². The summed E-state index contributed by atoms with van der Waals surface area (Å²) in [6.45, 7) is 0.882. The Kier molecular flexibility index (Phi) is 7.15. The molecular weight excluding hydrogens is 444 g/mol. The van der Waals surface area contributed by atoms with Gasteiger partial charge in [-0.25, -0.2) is 4.79 Å². The Balaban J connectivity index is 1.33. The molecule has 0 saturated carbocycles. The summed E-state index contributed by atoms with van der Waals surface area (Å²) in [4.78, 5) is 24.9. The summed E-state index contributed by atoms with van der Waals surface area (Å²) in [5.41, 5.74) is 4.31. The molecule has 182 valence electrons. The Bertz CT molecular complexity index is 1000. The van der Waals surface area contributed by atoms with Gasteiger partial charge in [0.1, 0.15) is 37.1 Å². The van der Waals surface area contributed by atoms with Crippen LogP contribution in [0.5, 0.6) is 0 Å². The van der Waals surface area contributed by atoms with E-state index in [0.717, 1.165) is 22.3 Å². The number of amides is 2. The van der Waals surface area contributed by atoms with Crippen molar-refractivity contribution in [2.24, 2.45) is 0 Å². The fourth-order valence-corrected chi connectivity index (χ4v) is 4.37. The third-order valence-corrected chi connectivity index (χ3v) is 6.25. The van der Waals surface area contributed by atoms with Gasteiger partial charge in [0.25, 0.3) is 0 Å². The molecule has 1 aliphatic heterocycles. The monoisotopic (exact) mass is 472 g/mol. The predicted octanol–water partition coefficient (Wildman–Crippen LogP) is -0.170. The molecule has 0 aromatic heterocycles. The smallest absolute Gasteiger partial charge is 0.407 e. The van der Waals surface area contributed by atoms with Gasteiger partial charge >= 0.3 is 6.09 Å². The van der Waals surface area contributed by atoms with E-state index in [1.807, 2.05) is 48.5 Å². The van der Waals surface area contributed by atoms with Crippen LogP contribution in [-0.2, 0) is 14.3 Å². The molecule has 0 bridgehead atoms. The fraction of sp³-hybridized carbons (Fsp3) is 0.417. The van der Waals surface area contributed by atoms with Crippen LogP contribution in [0.4, 0.5) is 4.79 Å². The Morgan fingerprint density at radius 1 is 0.971 bits per heavy atom. The van der Waals surface area contributed by atoms with Gasteiger partial charge in [0.05, 0.1) is 6.61 Å². The van der Waals surface area contributed by atoms with Crippen LogP contribution in [0.2, 0.25) is 0 Å². The number of hydrogen-bond donors (Lipinski definition) is 6. The highest BCUT2D eigenvalue weighted by Crippen LogP contribution is 2.44. The van der Waals surface area contributed by atoms with Crippen molar-refractivity contribution in [3.63, 3.8) is 0 Å². The van der Waals surface area contributed by atoms with E-state index in [-0.39, 0.29) is 12.5 Å². The third-order valence-electron chi connectivity index (χ3n) is 6.25. The van der Waals surface area contributed by atoms with Gasteiger partial charge in [0, 0.05) is 5.92 Å². The van der Waals surface area contributed by atoms with E-state index >= 15 is 0 Å². The van der Waals surface area contributed by atoms with Crippen molar-refractivity contribution < 1.29 is 39.5 Å². The fourth-order valence-electron chi connectivity index (χ4n) is 4.37. The number of fused-ring (bicyclic) bond motifs is 3. The number of carbonyl (C=O) groups is 2. The quantitative estimate of drug-likeness (QED) is 0.338. The zero-order chi connectivity index (χ0) is 24.4. The molecule has 4 rings (SSSR count). The second kappa shape index (κ2) is 10.1. The second-order valence-electron chi connectivity index (χ2n) is 8.45. The summed E-state index contributed by atoms with van der Waals surface area (Å²) < 4.78 is 10.7. The molecule has 1 fully saturated rings. The average molecular weight is 472 g/mol. The lowest BCUT2D eigenvalue weighted by Gasteiger charge is -2.40. The maximum atomic E-state index is 12.5. The molecule has 2 aliphatic rings. The molecule has 0 unspecified atom stereocenters. The Hall–Kier alpha value is -3.02. The number of rotatable bonds is 6. The lowest BCUT2D eigenvalue weighted by atomic mass is 9.98. The number of alkyl carbamates (subject to hydrolysis) is 1. The molecule has 34 heavy (non-hydrogen) atoms. The number of aliphatic hydroxyl groups excluding tert-OH is 4. The van der Waals surface area contributed by atoms with Gasteiger partial charge in [-0.3, -0.25) is 4.79 Å². The summed E-state index contributed by atoms with van der Waals surface area (Å²) in [5.74, 6) is -0.839. The van der Waals surface area contributed by atoms with Crippen molar-refractivity contribution in [3.8, 4) is 11.1 Å². The van der Waals surface area contributed by atoms with E-state index < -0.39 is 55.3 Å². The highest BCUT2D eigenvalue weighted by Gasteiger charge is 2.44. The molecular formula is C24H28N2O8. The third kappa shape index (κ3) is 4.63. The lowest BCUT2D eigenvalue weighted by molar-refractivity contribution is -0.236. The Labute approximate surface area is 196 Å². The number of benzene rings is 2. The van der Waals surface area contributed by atoms with Crippen LogP contribution in [0.25, 0.3) is 11.1 Å². The number of ether oxygens (including phenoxy) is 2. The molecule has 2 aromatic carbocycles.